The zero-order valence-corrected chi connectivity index (χ0v) is 14.8. The standard InChI is InChI=1S/C16H17F3N2O4S/c1-9-12(14(22)24-7-8-26-2)13(21-15(23)20-9)10-3-5-11(6-4-10)25-16(17,18)19/h3-6,12-13H,7-8H2,1-2H3,(H,21,23). The number of alkyl halides is 3. The molecule has 1 heterocycles. The number of halogens is 3. The monoisotopic (exact) mass is 390 g/mol. The second-order valence-corrected chi connectivity index (χ2v) is 6.42. The number of carbonyl (C=O) groups excluding carboxylic acids is 2. The topological polar surface area (TPSA) is 77.0 Å². The summed E-state index contributed by atoms with van der Waals surface area (Å²) in [6.45, 7) is 1.75. The summed E-state index contributed by atoms with van der Waals surface area (Å²) >= 11 is 1.51. The number of carbonyl (C=O) groups is 2. The predicted octanol–water partition coefficient (Wildman–Crippen LogP) is 3.33. The maximum atomic E-state index is 12.4. The molecule has 0 spiro atoms. The van der Waals surface area contributed by atoms with E-state index in [-0.39, 0.29) is 12.3 Å². The fourth-order valence-corrected chi connectivity index (χ4v) is 2.74. The quantitative estimate of drug-likeness (QED) is 0.596. The molecule has 1 N–H and O–H groups in total. The Balaban J connectivity index is 2.22. The summed E-state index contributed by atoms with van der Waals surface area (Å²) in [4.78, 5) is 27.8. The number of amides is 2. The second-order valence-electron chi connectivity index (χ2n) is 5.44. The predicted molar refractivity (Wildman–Crippen MR) is 90.3 cm³/mol. The summed E-state index contributed by atoms with van der Waals surface area (Å²) in [7, 11) is 0. The number of thioether (sulfide) groups is 1. The van der Waals surface area contributed by atoms with Crippen LogP contribution in [0.3, 0.4) is 0 Å². The zero-order valence-electron chi connectivity index (χ0n) is 14.0. The lowest BCUT2D eigenvalue weighted by atomic mass is 9.88. The molecule has 1 aromatic carbocycles. The smallest absolute Gasteiger partial charge is 0.464 e. The Morgan fingerprint density at radius 3 is 2.54 bits per heavy atom. The van der Waals surface area contributed by atoms with Crippen LogP contribution < -0.4 is 10.1 Å². The van der Waals surface area contributed by atoms with Crippen molar-refractivity contribution in [2.24, 2.45) is 10.9 Å². The Hall–Kier alpha value is -2.23. The number of nitrogens with one attached hydrogen (secondary N) is 1. The Morgan fingerprint density at radius 1 is 1.31 bits per heavy atom. The molecule has 1 aromatic rings. The molecule has 1 aliphatic heterocycles. The van der Waals surface area contributed by atoms with Crippen molar-refractivity contribution in [2.75, 3.05) is 18.6 Å². The number of hydrogen-bond acceptors (Lipinski definition) is 5. The molecule has 0 saturated heterocycles. The summed E-state index contributed by atoms with van der Waals surface area (Å²) in [5.74, 6) is -1.19. The van der Waals surface area contributed by atoms with Gasteiger partial charge in [0.25, 0.3) is 0 Å². The average Bonchev–Trinajstić information content (AvgIpc) is 2.53. The average molecular weight is 390 g/mol. The third-order valence-corrected chi connectivity index (χ3v) is 4.17. The van der Waals surface area contributed by atoms with Gasteiger partial charge in [0.05, 0.1) is 6.04 Å². The lowest BCUT2D eigenvalue weighted by Gasteiger charge is -2.29. The van der Waals surface area contributed by atoms with E-state index < -0.39 is 36.1 Å². The highest BCUT2D eigenvalue weighted by atomic mass is 32.2. The van der Waals surface area contributed by atoms with Gasteiger partial charge in [0, 0.05) is 11.5 Å². The van der Waals surface area contributed by atoms with E-state index in [1.54, 1.807) is 0 Å². The number of hydrogen-bond donors (Lipinski definition) is 1. The van der Waals surface area contributed by atoms with Crippen molar-refractivity contribution in [3.63, 3.8) is 0 Å². The van der Waals surface area contributed by atoms with Gasteiger partial charge in [0.15, 0.2) is 0 Å². The molecule has 0 bridgehead atoms. The van der Waals surface area contributed by atoms with E-state index in [9.17, 15) is 22.8 Å². The minimum atomic E-state index is -4.80. The van der Waals surface area contributed by atoms with E-state index in [1.165, 1.54) is 30.8 Å². The molecule has 2 unspecified atom stereocenters. The lowest BCUT2D eigenvalue weighted by Crippen LogP contribution is -2.44. The maximum absolute atomic E-state index is 12.4. The van der Waals surface area contributed by atoms with Gasteiger partial charge >= 0.3 is 18.4 Å². The molecule has 2 amide bonds. The molecular formula is C16H17F3N2O4S. The molecule has 1 aliphatic rings. The highest BCUT2D eigenvalue weighted by Gasteiger charge is 2.38. The van der Waals surface area contributed by atoms with Crippen LogP contribution in [0.5, 0.6) is 5.75 Å². The Kier molecular flexibility index (Phi) is 6.52. The largest absolute Gasteiger partial charge is 0.573 e. The molecule has 0 saturated carbocycles. The van der Waals surface area contributed by atoms with Crippen molar-refractivity contribution in [1.82, 2.24) is 5.32 Å². The van der Waals surface area contributed by atoms with Crippen LogP contribution in [-0.4, -0.2) is 42.7 Å². The molecule has 0 aliphatic carbocycles. The van der Waals surface area contributed by atoms with Crippen LogP contribution in [0.25, 0.3) is 0 Å². The minimum Gasteiger partial charge on any atom is -0.464 e. The van der Waals surface area contributed by atoms with Crippen LogP contribution in [-0.2, 0) is 9.53 Å². The zero-order chi connectivity index (χ0) is 19.3. The minimum absolute atomic E-state index is 0.211. The third-order valence-electron chi connectivity index (χ3n) is 3.60. The first-order valence-corrected chi connectivity index (χ1v) is 8.97. The molecule has 0 radical (unpaired) electrons. The van der Waals surface area contributed by atoms with Crippen LogP contribution in [0.15, 0.2) is 29.3 Å². The first kappa shape index (κ1) is 20.1. The summed E-state index contributed by atoms with van der Waals surface area (Å²) in [6.07, 6.45) is -2.93. The molecule has 2 atom stereocenters. The highest BCUT2D eigenvalue weighted by molar-refractivity contribution is 7.98. The van der Waals surface area contributed by atoms with Crippen LogP contribution in [0.4, 0.5) is 18.0 Å². The molecule has 26 heavy (non-hydrogen) atoms. The normalized spacial score (nSPS) is 20.2. The molecule has 10 heteroatoms. The van der Waals surface area contributed by atoms with E-state index in [4.69, 9.17) is 4.74 Å². The van der Waals surface area contributed by atoms with Crippen LogP contribution >= 0.6 is 11.8 Å². The van der Waals surface area contributed by atoms with Gasteiger partial charge in [0.2, 0.25) is 0 Å². The second kappa shape index (κ2) is 8.43. The molecule has 0 aromatic heterocycles. The van der Waals surface area contributed by atoms with E-state index in [2.05, 4.69) is 15.0 Å². The Labute approximate surface area is 152 Å². The van der Waals surface area contributed by atoms with Crippen LogP contribution in [0.2, 0.25) is 0 Å². The number of esters is 1. The first-order valence-electron chi connectivity index (χ1n) is 7.58. The van der Waals surface area contributed by atoms with Crippen molar-refractivity contribution >= 4 is 29.5 Å². The van der Waals surface area contributed by atoms with Crippen molar-refractivity contribution in [2.45, 2.75) is 19.3 Å². The van der Waals surface area contributed by atoms with Crippen molar-refractivity contribution in [3.8, 4) is 5.75 Å². The van der Waals surface area contributed by atoms with Gasteiger partial charge in [-0.3, -0.25) is 4.79 Å². The lowest BCUT2D eigenvalue weighted by molar-refractivity contribution is -0.274. The summed E-state index contributed by atoms with van der Waals surface area (Å²) in [5, 5.41) is 2.56. The van der Waals surface area contributed by atoms with E-state index >= 15 is 0 Å². The maximum Gasteiger partial charge on any atom is 0.573 e. The number of rotatable bonds is 6. The Morgan fingerprint density at radius 2 is 1.96 bits per heavy atom. The van der Waals surface area contributed by atoms with Crippen LogP contribution in [0, 0.1) is 5.92 Å². The van der Waals surface area contributed by atoms with Gasteiger partial charge in [-0.2, -0.15) is 11.8 Å². The van der Waals surface area contributed by atoms with Gasteiger partial charge in [-0.1, -0.05) is 12.1 Å². The number of benzene rings is 1. The fourth-order valence-electron chi connectivity index (χ4n) is 2.49. The number of aliphatic imine (C=N–C) groups is 1. The van der Waals surface area contributed by atoms with Crippen molar-refractivity contribution in [3.05, 3.63) is 29.8 Å². The van der Waals surface area contributed by atoms with Crippen molar-refractivity contribution < 1.29 is 32.2 Å². The number of ether oxygens (including phenoxy) is 2. The van der Waals surface area contributed by atoms with Gasteiger partial charge in [-0.25, -0.2) is 9.79 Å². The SMILES string of the molecule is CSCCOC(=O)C1C(C)=NC(=O)NC1c1ccc(OC(F)(F)F)cc1. The van der Waals surface area contributed by atoms with E-state index in [0.29, 0.717) is 11.3 Å². The van der Waals surface area contributed by atoms with Gasteiger partial charge < -0.3 is 14.8 Å². The first-order chi connectivity index (χ1) is 12.2. The molecule has 2 rings (SSSR count). The van der Waals surface area contributed by atoms with Gasteiger partial charge in [-0.15, -0.1) is 13.2 Å². The van der Waals surface area contributed by atoms with E-state index in [1.807, 2.05) is 6.26 Å². The number of nitrogens with zero attached hydrogens (tertiary/aromatic N) is 1. The van der Waals surface area contributed by atoms with E-state index in [0.717, 1.165) is 12.1 Å². The highest BCUT2D eigenvalue weighted by Crippen LogP contribution is 2.30. The fraction of sp³-hybridized carbons (Fsp3) is 0.438. The van der Waals surface area contributed by atoms with Crippen LogP contribution in [0.1, 0.15) is 18.5 Å². The Bertz CT molecular complexity index is 692. The number of urea groups is 1. The molecular weight excluding hydrogens is 373 g/mol. The molecule has 0 fully saturated rings. The van der Waals surface area contributed by atoms with Gasteiger partial charge in [0.1, 0.15) is 18.3 Å². The summed E-state index contributed by atoms with van der Waals surface area (Å²) in [5.41, 5.74) is 0.720. The van der Waals surface area contributed by atoms with Gasteiger partial charge in [-0.05, 0) is 30.9 Å². The molecule has 6 nitrogen and oxygen atoms in total. The van der Waals surface area contributed by atoms with Crippen molar-refractivity contribution in [1.29, 1.82) is 0 Å². The summed E-state index contributed by atoms with van der Waals surface area (Å²) in [6, 6.07) is 3.52. The third kappa shape index (κ3) is 5.38. The molecule has 142 valence electrons. The summed E-state index contributed by atoms with van der Waals surface area (Å²) < 4.78 is 45.8.